The number of ether oxygens (including phenoxy) is 1. The standard InChI is InChI=1S/C15H20O2/c1-2-12-9-6-10-14(17-11-16)15(12)13-7-4-3-5-8-13/h6,9-11,13H,2-5,7-8H2,1H3. The second-order valence-corrected chi connectivity index (χ2v) is 4.73. The number of rotatable bonds is 4. The quantitative estimate of drug-likeness (QED) is 0.737. The molecule has 17 heavy (non-hydrogen) atoms. The van der Waals surface area contributed by atoms with Gasteiger partial charge in [-0.3, -0.25) is 4.79 Å². The minimum absolute atomic E-state index is 0.543. The third-order valence-electron chi connectivity index (χ3n) is 3.73. The van der Waals surface area contributed by atoms with Gasteiger partial charge in [0.2, 0.25) is 0 Å². The predicted molar refractivity (Wildman–Crippen MR) is 68.3 cm³/mol. The number of carbonyl (C=O) groups is 1. The SMILES string of the molecule is CCc1cccc(OC=O)c1C1CCCCC1. The maximum atomic E-state index is 10.6. The average Bonchev–Trinajstić information content (AvgIpc) is 2.40. The van der Waals surface area contributed by atoms with Crippen molar-refractivity contribution in [2.45, 2.75) is 51.4 Å². The van der Waals surface area contributed by atoms with Crippen molar-refractivity contribution in [3.05, 3.63) is 29.3 Å². The first-order valence-corrected chi connectivity index (χ1v) is 6.59. The van der Waals surface area contributed by atoms with Gasteiger partial charge in [0.25, 0.3) is 6.47 Å². The topological polar surface area (TPSA) is 26.3 Å². The molecule has 1 aliphatic carbocycles. The smallest absolute Gasteiger partial charge is 0.298 e. The lowest BCUT2D eigenvalue weighted by Crippen LogP contribution is -2.09. The molecule has 1 saturated carbocycles. The molecule has 0 amide bonds. The first-order valence-electron chi connectivity index (χ1n) is 6.59. The van der Waals surface area contributed by atoms with Crippen LogP contribution in [0.25, 0.3) is 0 Å². The highest BCUT2D eigenvalue weighted by atomic mass is 16.5. The van der Waals surface area contributed by atoms with Gasteiger partial charge in [-0.25, -0.2) is 0 Å². The highest BCUT2D eigenvalue weighted by molar-refractivity contribution is 5.51. The van der Waals surface area contributed by atoms with E-state index in [9.17, 15) is 4.79 Å². The van der Waals surface area contributed by atoms with Crippen LogP contribution < -0.4 is 4.74 Å². The Kier molecular flexibility index (Phi) is 4.18. The minimum Gasteiger partial charge on any atom is -0.428 e. The Morgan fingerprint density at radius 3 is 2.71 bits per heavy atom. The summed E-state index contributed by atoms with van der Waals surface area (Å²) >= 11 is 0. The van der Waals surface area contributed by atoms with Gasteiger partial charge in [-0.15, -0.1) is 0 Å². The molecule has 0 heterocycles. The van der Waals surface area contributed by atoms with Crippen molar-refractivity contribution in [2.75, 3.05) is 0 Å². The fraction of sp³-hybridized carbons (Fsp3) is 0.533. The van der Waals surface area contributed by atoms with Crippen LogP contribution in [0.5, 0.6) is 5.75 Å². The van der Waals surface area contributed by atoms with E-state index in [1.165, 1.54) is 43.2 Å². The Bertz CT molecular complexity index is 379. The maximum Gasteiger partial charge on any atom is 0.298 e. The number of hydrogen-bond acceptors (Lipinski definition) is 2. The lowest BCUT2D eigenvalue weighted by molar-refractivity contribution is -0.120. The van der Waals surface area contributed by atoms with E-state index in [-0.39, 0.29) is 0 Å². The minimum atomic E-state index is 0.543. The van der Waals surface area contributed by atoms with Crippen LogP contribution in [0.15, 0.2) is 18.2 Å². The van der Waals surface area contributed by atoms with Gasteiger partial charge in [0.05, 0.1) is 0 Å². The molecule has 1 fully saturated rings. The van der Waals surface area contributed by atoms with Crippen LogP contribution in [0.1, 0.15) is 56.1 Å². The number of hydrogen-bond donors (Lipinski definition) is 0. The summed E-state index contributed by atoms with van der Waals surface area (Å²) in [6, 6.07) is 6.04. The summed E-state index contributed by atoms with van der Waals surface area (Å²) < 4.78 is 5.15. The van der Waals surface area contributed by atoms with Crippen LogP contribution in [0.4, 0.5) is 0 Å². The van der Waals surface area contributed by atoms with E-state index in [1.54, 1.807) is 0 Å². The lowest BCUT2D eigenvalue weighted by Gasteiger charge is -2.25. The molecule has 0 saturated heterocycles. The van der Waals surface area contributed by atoms with Gasteiger partial charge in [-0.05, 0) is 36.8 Å². The first kappa shape index (κ1) is 12.2. The molecule has 0 atom stereocenters. The highest BCUT2D eigenvalue weighted by Crippen LogP contribution is 2.39. The van der Waals surface area contributed by atoms with Crippen LogP contribution in [0, 0.1) is 0 Å². The molecule has 0 unspecified atom stereocenters. The third kappa shape index (κ3) is 2.68. The molecule has 0 bridgehead atoms. The summed E-state index contributed by atoms with van der Waals surface area (Å²) in [7, 11) is 0. The van der Waals surface area contributed by atoms with E-state index in [2.05, 4.69) is 13.0 Å². The number of aryl methyl sites for hydroxylation is 1. The molecule has 0 spiro atoms. The second-order valence-electron chi connectivity index (χ2n) is 4.73. The fourth-order valence-electron chi connectivity index (χ4n) is 2.91. The predicted octanol–water partition coefficient (Wildman–Crippen LogP) is 3.83. The average molecular weight is 232 g/mol. The summed E-state index contributed by atoms with van der Waals surface area (Å²) in [4.78, 5) is 10.6. The van der Waals surface area contributed by atoms with E-state index in [0.29, 0.717) is 12.4 Å². The normalized spacial score (nSPS) is 16.8. The van der Waals surface area contributed by atoms with Gasteiger partial charge in [-0.2, -0.15) is 0 Å². The molecule has 2 heteroatoms. The molecular formula is C15H20O2. The van der Waals surface area contributed by atoms with Crippen molar-refractivity contribution >= 4 is 6.47 Å². The molecule has 0 N–H and O–H groups in total. The number of carbonyl (C=O) groups excluding carboxylic acids is 1. The molecule has 0 aromatic heterocycles. The highest BCUT2D eigenvalue weighted by Gasteiger charge is 2.21. The fourth-order valence-corrected chi connectivity index (χ4v) is 2.91. The second kappa shape index (κ2) is 5.85. The van der Waals surface area contributed by atoms with Gasteiger partial charge in [0.15, 0.2) is 0 Å². The van der Waals surface area contributed by atoms with Crippen LogP contribution in [-0.4, -0.2) is 6.47 Å². The van der Waals surface area contributed by atoms with Gasteiger partial charge >= 0.3 is 0 Å². The van der Waals surface area contributed by atoms with E-state index < -0.39 is 0 Å². The maximum absolute atomic E-state index is 10.6. The molecular weight excluding hydrogens is 212 g/mol. The summed E-state index contributed by atoms with van der Waals surface area (Å²) in [6.45, 7) is 2.70. The van der Waals surface area contributed by atoms with Crippen LogP contribution in [0.2, 0.25) is 0 Å². The summed E-state index contributed by atoms with van der Waals surface area (Å²) in [6.07, 6.45) is 7.39. The Morgan fingerprint density at radius 2 is 2.06 bits per heavy atom. The van der Waals surface area contributed by atoms with Crippen molar-refractivity contribution in [3.8, 4) is 5.75 Å². The zero-order valence-electron chi connectivity index (χ0n) is 10.4. The summed E-state index contributed by atoms with van der Waals surface area (Å²) in [5, 5.41) is 0. The van der Waals surface area contributed by atoms with E-state index in [0.717, 1.165) is 12.2 Å². The van der Waals surface area contributed by atoms with Crippen LogP contribution in [-0.2, 0) is 11.2 Å². The first-order chi connectivity index (χ1) is 8.36. The van der Waals surface area contributed by atoms with Crippen molar-refractivity contribution in [3.63, 3.8) is 0 Å². The Hall–Kier alpha value is -1.31. The third-order valence-corrected chi connectivity index (χ3v) is 3.73. The van der Waals surface area contributed by atoms with Crippen LogP contribution >= 0.6 is 0 Å². The Labute approximate surface area is 103 Å². The Balaban J connectivity index is 2.35. The van der Waals surface area contributed by atoms with Gasteiger partial charge < -0.3 is 4.74 Å². The van der Waals surface area contributed by atoms with Crippen molar-refractivity contribution < 1.29 is 9.53 Å². The van der Waals surface area contributed by atoms with E-state index in [4.69, 9.17) is 4.74 Å². The molecule has 2 nitrogen and oxygen atoms in total. The van der Waals surface area contributed by atoms with Crippen LogP contribution in [0.3, 0.4) is 0 Å². The van der Waals surface area contributed by atoms with E-state index in [1.807, 2.05) is 12.1 Å². The summed E-state index contributed by atoms with van der Waals surface area (Å²) in [5.74, 6) is 1.35. The Morgan fingerprint density at radius 1 is 1.29 bits per heavy atom. The monoisotopic (exact) mass is 232 g/mol. The van der Waals surface area contributed by atoms with E-state index >= 15 is 0 Å². The van der Waals surface area contributed by atoms with Gasteiger partial charge in [-0.1, -0.05) is 38.3 Å². The molecule has 0 aliphatic heterocycles. The molecule has 2 rings (SSSR count). The molecule has 1 aromatic rings. The lowest BCUT2D eigenvalue weighted by atomic mass is 9.81. The number of benzene rings is 1. The van der Waals surface area contributed by atoms with Crippen molar-refractivity contribution in [2.24, 2.45) is 0 Å². The van der Waals surface area contributed by atoms with Gasteiger partial charge in [0, 0.05) is 5.56 Å². The van der Waals surface area contributed by atoms with Gasteiger partial charge in [0.1, 0.15) is 5.75 Å². The van der Waals surface area contributed by atoms with Crippen molar-refractivity contribution in [1.29, 1.82) is 0 Å². The largest absolute Gasteiger partial charge is 0.428 e. The zero-order valence-corrected chi connectivity index (χ0v) is 10.4. The summed E-state index contributed by atoms with van der Waals surface area (Å²) in [5.41, 5.74) is 2.61. The molecule has 0 radical (unpaired) electrons. The molecule has 1 aromatic carbocycles. The molecule has 92 valence electrons. The molecule has 1 aliphatic rings. The van der Waals surface area contributed by atoms with Crippen molar-refractivity contribution in [1.82, 2.24) is 0 Å². The zero-order chi connectivity index (χ0) is 12.1.